The van der Waals surface area contributed by atoms with Crippen LogP contribution in [-0.4, -0.2) is 39.6 Å². The van der Waals surface area contributed by atoms with Crippen molar-refractivity contribution in [3.63, 3.8) is 0 Å². The van der Waals surface area contributed by atoms with Gasteiger partial charge in [-0.05, 0) is 51.5 Å². The zero-order valence-electron chi connectivity index (χ0n) is 14.3. The van der Waals surface area contributed by atoms with Crippen molar-refractivity contribution in [2.24, 2.45) is 0 Å². The van der Waals surface area contributed by atoms with Gasteiger partial charge in [0.05, 0.1) is 24.5 Å². The summed E-state index contributed by atoms with van der Waals surface area (Å²) in [6.07, 6.45) is 0.487. The van der Waals surface area contributed by atoms with Crippen LogP contribution in [0.4, 0.5) is 0 Å². The van der Waals surface area contributed by atoms with Crippen molar-refractivity contribution in [1.29, 1.82) is 0 Å². The van der Waals surface area contributed by atoms with E-state index in [1.165, 1.54) is 18.7 Å². The third-order valence-electron chi connectivity index (χ3n) is 4.02. The Morgan fingerprint density at radius 1 is 0.593 bits per heavy atom. The Morgan fingerprint density at radius 3 is 1.41 bits per heavy atom. The number of rotatable bonds is 6. The van der Waals surface area contributed by atoms with Crippen LogP contribution in [0.2, 0.25) is 0 Å². The molecule has 0 bridgehead atoms. The molecule has 0 saturated carbocycles. The van der Waals surface area contributed by atoms with Crippen LogP contribution in [0.1, 0.15) is 6.42 Å². The Kier molecular flexibility index (Phi) is 4.44. The fourth-order valence-corrected chi connectivity index (χ4v) is 2.66. The lowest BCUT2D eigenvalue weighted by Crippen LogP contribution is -2.27. The normalized spacial score (nSPS) is 11.0. The van der Waals surface area contributed by atoms with Gasteiger partial charge in [-0.15, -0.1) is 0 Å². The second-order valence-electron chi connectivity index (χ2n) is 5.82. The van der Waals surface area contributed by atoms with Gasteiger partial charge in [-0.25, -0.2) is 9.59 Å². The molecule has 0 aliphatic heterocycles. The van der Waals surface area contributed by atoms with Gasteiger partial charge in [0, 0.05) is 0 Å². The van der Waals surface area contributed by atoms with Gasteiger partial charge in [-0.1, -0.05) is 36.4 Å². The van der Waals surface area contributed by atoms with E-state index in [4.69, 9.17) is 0 Å². The largest absolute Gasteiger partial charge is 0.368 e. The quantitative estimate of drug-likeness (QED) is 0.486. The number of tetrazole rings is 2. The molecule has 4 rings (SSSR count). The molecule has 0 amide bonds. The second kappa shape index (κ2) is 7.20. The van der Waals surface area contributed by atoms with Gasteiger partial charge in [0.2, 0.25) is 0 Å². The van der Waals surface area contributed by atoms with Gasteiger partial charge in [0.25, 0.3) is 0 Å². The fraction of sp³-hybridized carbons (Fsp3) is 0.176. The van der Waals surface area contributed by atoms with E-state index >= 15 is 0 Å². The zero-order valence-corrected chi connectivity index (χ0v) is 14.3. The number of aryl methyl sites for hydroxylation is 2. The summed E-state index contributed by atoms with van der Waals surface area (Å²) in [6, 6.07) is 18.1. The van der Waals surface area contributed by atoms with Gasteiger partial charge >= 0.3 is 11.4 Å². The number of para-hydroxylation sites is 2. The molecule has 27 heavy (non-hydrogen) atoms. The van der Waals surface area contributed by atoms with E-state index in [1.54, 1.807) is 24.3 Å². The van der Waals surface area contributed by atoms with Crippen molar-refractivity contribution in [3.8, 4) is 11.4 Å². The van der Waals surface area contributed by atoms with E-state index in [0.717, 1.165) is 0 Å². The summed E-state index contributed by atoms with van der Waals surface area (Å²) in [4.78, 5) is 24.7. The highest BCUT2D eigenvalue weighted by Crippen LogP contribution is 2.02. The average molecular weight is 364 g/mol. The summed E-state index contributed by atoms with van der Waals surface area (Å²) >= 11 is 0. The van der Waals surface area contributed by atoms with E-state index in [1.807, 2.05) is 36.4 Å². The number of benzene rings is 2. The lowest BCUT2D eigenvalue weighted by atomic mass is 10.3. The SMILES string of the molecule is O=c1n(CCCn2nnn(-c3ccccc3)c2=O)nnn1-c1ccccc1. The van der Waals surface area contributed by atoms with Crippen molar-refractivity contribution in [2.75, 3.05) is 0 Å². The van der Waals surface area contributed by atoms with E-state index in [2.05, 4.69) is 20.9 Å². The molecule has 0 saturated heterocycles. The van der Waals surface area contributed by atoms with Crippen LogP contribution in [0.25, 0.3) is 11.4 Å². The smallest absolute Gasteiger partial charge is 0.244 e. The molecule has 10 nitrogen and oxygen atoms in total. The Labute approximate surface area is 152 Å². The van der Waals surface area contributed by atoms with Crippen molar-refractivity contribution in [1.82, 2.24) is 39.6 Å². The van der Waals surface area contributed by atoms with Gasteiger partial charge in [0.15, 0.2) is 0 Å². The van der Waals surface area contributed by atoms with Crippen molar-refractivity contribution < 1.29 is 0 Å². The van der Waals surface area contributed by atoms with E-state index < -0.39 is 0 Å². The maximum atomic E-state index is 12.4. The van der Waals surface area contributed by atoms with Crippen LogP contribution >= 0.6 is 0 Å². The van der Waals surface area contributed by atoms with E-state index in [-0.39, 0.29) is 11.4 Å². The lowest BCUT2D eigenvalue weighted by Gasteiger charge is -1.99. The number of hydrogen-bond acceptors (Lipinski definition) is 6. The molecule has 2 aromatic carbocycles. The number of aromatic nitrogens is 8. The maximum Gasteiger partial charge on any atom is 0.368 e. The van der Waals surface area contributed by atoms with Gasteiger partial charge < -0.3 is 0 Å². The average Bonchev–Trinajstić information content (AvgIpc) is 3.26. The summed E-state index contributed by atoms with van der Waals surface area (Å²) in [5.41, 5.74) is 0.634. The molecule has 136 valence electrons. The summed E-state index contributed by atoms with van der Waals surface area (Å²) in [5.74, 6) is 0. The van der Waals surface area contributed by atoms with E-state index in [0.29, 0.717) is 30.9 Å². The van der Waals surface area contributed by atoms with Crippen LogP contribution in [0.15, 0.2) is 70.3 Å². The Balaban J connectivity index is 1.44. The summed E-state index contributed by atoms with van der Waals surface area (Å²) < 4.78 is 5.00. The lowest BCUT2D eigenvalue weighted by molar-refractivity contribution is 0.471. The summed E-state index contributed by atoms with van der Waals surface area (Å²) in [5, 5.41) is 15.6. The van der Waals surface area contributed by atoms with Gasteiger partial charge in [0.1, 0.15) is 0 Å². The molecule has 0 aliphatic rings. The van der Waals surface area contributed by atoms with Crippen molar-refractivity contribution in [3.05, 3.63) is 81.6 Å². The third-order valence-corrected chi connectivity index (χ3v) is 4.02. The molecule has 0 N–H and O–H groups in total. The molecule has 2 aromatic heterocycles. The molecule has 0 spiro atoms. The Morgan fingerprint density at radius 2 is 1.00 bits per heavy atom. The highest BCUT2D eigenvalue weighted by atomic mass is 16.2. The monoisotopic (exact) mass is 364 g/mol. The number of nitrogens with zero attached hydrogens (tertiary/aromatic N) is 8. The van der Waals surface area contributed by atoms with Crippen LogP contribution in [-0.2, 0) is 13.1 Å². The molecule has 4 aromatic rings. The predicted molar refractivity (Wildman–Crippen MR) is 95.9 cm³/mol. The minimum absolute atomic E-state index is 0.316. The van der Waals surface area contributed by atoms with Crippen molar-refractivity contribution in [2.45, 2.75) is 19.5 Å². The first-order valence-electron chi connectivity index (χ1n) is 8.40. The highest BCUT2D eigenvalue weighted by molar-refractivity contribution is 5.29. The minimum atomic E-state index is -0.332. The summed E-state index contributed by atoms with van der Waals surface area (Å²) in [7, 11) is 0. The molecule has 0 atom stereocenters. The second-order valence-corrected chi connectivity index (χ2v) is 5.82. The Bertz CT molecular complexity index is 1050. The van der Waals surface area contributed by atoms with Crippen LogP contribution in [0.5, 0.6) is 0 Å². The molecule has 10 heteroatoms. The standard InChI is InChI=1S/C17H16N8O2/c26-16-22(18-20-24(16)14-8-3-1-4-9-14)12-7-13-23-17(27)25(21-19-23)15-10-5-2-6-11-15/h1-6,8-11H,7,12-13H2. The summed E-state index contributed by atoms with van der Waals surface area (Å²) in [6.45, 7) is 0.632. The fourth-order valence-electron chi connectivity index (χ4n) is 2.66. The highest BCUT2D eigenvalue weighted by Gasteiger charge is 2.11. The van der Waals surface area contributed by atoms with Gasteiger partial charge in [-0.3, -0.25) is 0 Å². The van der Waals surface area contributed by atoms with E-state index in [9.17, 15) is 9.59 Å². The Hall–Kier alpha value is -3.82. The first kappa shape index (κ1) is 16.6. The third kappa shape index (κ3) is 3.32. The molecule has 2 heterocycles. The van der Waals surface area contributed by atoms with Crippen LogP contribution in [0.3, 0.4) is 0 Å². The van der Waals surface area contributed by atoms with Crippen LogP contribution in [0, 0.1) is 0 Å². The number of hydrogen-bond donors (Lipinski definition) is 0. The molecule has 0 aliphatic carbocycles. The topological polar surface area (TPSA) is 105 Å². The first-order chi connectivity index (χ1) is 13.2. The molecular formula is C17H16N8O2. The minimum Gasteiger partial charge on any atom is -0.244 e. The zero-order chi connectivity index (χ0) is 18.6. The van der Waals surface area contributed by atoms with Gasteiger partial charge in [-0.2, -0.15) is 18.7 Å². The molecular weight excluding hydrogens is 348 g/mol. The van der Waals surface area contributed by atoms with Crippen molar-refractivity contribution >= 4 is 0 Å². The molecule has 0 fully saturated rings. The molecule has 0 radical (unpaired) electrons. The molecule has 0 unspecified atom stereocenters. The maximum absolute atomic E-state index is 12.4. The van der Waals surface area contributed by atoms with Crippen LogP contribution < -0.4 is 11.4 Å². The predicted octanol–water partition coefficient (Wildman–Crippen LogP) is 0.262. The first-order valence-corrected chi connectivity index (χ1v) is 8.40.